The average molecular weight is 440 g/mol. The normalized spacial score (nSPS) is 10.6. The van der Waals surface area contributed by atoms with E-state index in [1.165, 1.54) is 18.3 Å². The predicted molar refractivity (Wildman–Crippen MR) is 117 cm³/mol. The average Bonchev–Trinajstić information content (AvgIpc) is 2.78. The first-order valence-corrected chi connectivity index (χ1v) is 9.55. The van der Waals surface area contributed by atoms with Gasteiger partial charge in [-0.15, -0.1) is 0 Å². The molecule has 0 unspecified atom stereocenters. The maximum Gasteiger partial charge on any atom is 0.269 e. The second-order valence-electron chi connectivity index (χ2n) is 6.31. The molecule has 0 aliphatic rings. The lowest BCUT2D eigenvalue weighted by molar-refractivity contribution is -0.384. The summed E-state index contributed by atoms with van der Waals surface area (Å²) in [6.07, 6.45) is 1.45. The number of nitro benzene ring substituents is 1. The number of carbonyl (C=O) groups excluding carboxylic acids is 1. The van der Waals surface area contributed by atoms with Crippen LogP contribution in [0.3, 0.4) is 0 Å². The summed E-state index contributed by atoms with van der Waals surface area (Å²) >= 11 is 5.81. The van der Waals surface area contributed by atoms with Crippen molar-refractivity contribution in [2.75, 3.05) is 11.9 Å². The Hall–Kier alpha value is -3.91. The Morgan fingerprint density at radius 2 is 1.77 bits per heavy atom. The van der Waals surface area contributed by atoms with Crippen LogP contribution in [0.1, 0.15) is 11.1 Å². The van der Waals surface area contributed by atoms with E-state index < -0.39 is 4.92 Å². The zero-order valence-electron chi connectivity index (χ0n) is 16.2. The Kier molecular flexibility index (Phi) is 7.56. The molecule has 0 fully saturated rings. The van der Waals surface area contributed by atoms with Crippen LogP contribution in [0.25, 0.3) is 0 Å². The molecule has 3 aromatic rings. The molecule has 0 radical (unpaired) electrons. The summed E-state index contributed by atoms with van der Waals surface area (Å²) < 4.78 is 5.78. The minimum absolute atomic E-state index is 0.0218. The van der Waals surface area contributed by atoms with Crippen molar-refractivity contribution in [1.82, 2.24) is 0 Å². The molecule has 31 heavy (non-hydrogen) atoms. The van der Waals surface area contributed by atoms with E-state index in [-0.39, 0.29) is 24.8 Å². The maximum atomic E-state index is 11.9. The number of hydrogen-bond acceptors (Lipinski definition) is 6. The van der Waals surface area contributed by atoms with E-state index in [1.54, 1.807) is 48.5 Å². The van der Waals surface area contributed by atoms with Crippen molar-refractivity contribution in [1.29, 1.82) is 0 Å². The Labute approximate surface area is 183 Å². The van der Waals surface area contributed by atoms with Crippen molar-refractivity contribution in [2.45, 2.75) is 6.61 Å². The van der Waals surface area contributed by atoms with Crippen LogP contribution in [0.2, 0.25) is 5.02 Å². The number of non-ortho nitro benzene ring substituents is 1. The van der Waals surface area contributed by atoms with Crippen molar-refractivity contribution in [3.63, 3.8) is 0 Å². The molecule has 3 aromatic carbocycles. The number of anilines is 1. The van der Waals surface area contributed by atoms with Gasteiger partial charge in [-0.05, 0) is 54.1 Å². The van der Waals surface area contributed by atoms with Crippen LogP contribution in [0, 0.1) is 10.1 Å². The zero-order chi connectivity index (χ0) is 22.1. The van der Waals surface area contributed by atoms with Crippen LogP contribution >= 0.6 is 11.6 Å². The third-order valence-corrected chi connectivity index (χ3v) is 4.30. The number of benzene rings is 3. The van der Waals surface area contributed by atoms with Gasteiger partial charge < -0.3 is 14.9 Å². The first-order valence-electron chi connectivity index (χ1n) is 9.17. The van der Waals surface area contributed by atoms with Crippen LogP contribution in [0.4, 0.5) is 11.4 Å². The maximum absolute atomic E-state index is 11.9. The number of amides is 1. The van der Waals surface area contributed by atoms with Gasteiger partial charge in [-0.25, -0.2) is 0 Å². The number of ether oxygens (including phenoxy) is 1. The summed E-state index contributed by atoms with van der Waals surface area (Å²) in [7, 11) is 0. The van der Waals surface area contributed by atoms with Gasteiger partial charge in [0.25, 0.3) is 11.6 Å². The summed E-state index contributed by atoms with van der Waals surface area (Å²) in [5, 5.41) is 17.8. The summed E-state index contributed by atoms with van der Waals surface area (Å²) in [6, 6.07) is 20.0. The molecule has 0 aliphatic heterocycles. The van der Waals surface area contributed by atoms with E-state index in [0.29, 0.717) is 22.0 Å². The van der Waals surface area contributed by atoms with Gasteiger partial charge in [0.05, 0.1) is 11.1 Å². The number of nitrogens with zero attached hydrogens (tertiary/aromatic N) is 2. The van der Waals surface area contributed by atoms with Crippen molar-refractivity contribution in [3.05, 3.63) is 99.1 Å². The molecule has 0 aliphatic carbocycles. The fourth-order valence-electron chi connectivity index (χ4n) is 2.51. The number of carbonyl (C=O) groups is 1. The lowest BCUT2D eigenvalue weighted by Gasteiger charge is -2.09. The smallest absolute Gasteiger partial charge is 0.269 e. The topological polar surface area (TPSA) is 103 Å². The fraction of sp³-hybridized carbons (Fsp3) is 0.0909. The largest absolute Gasteiger partial charge is 0.488 e. The molecule has 0 aromatic heterocycles. The highest BCUT2D eigenvalue weighted by atomic mass is 35.5. The highest BCUT2D eigenvalue weighted by Crippen LogP contribution is 2.19. The van der Waals surface area contributed by atoms with Crippen LogP contribution in [-0.4, -0.2) is 23.7 Å². The lowest BCUT2D eigenvalue weighted by atomic mass is 10.2. The predicted octanol–water partition coefficient (Wildman–Crippen LogP) is 4.82. The molecule has 3 rings (SSSR count). The van der Waals surface area contributed by atoms with Crippen LogP contribution in [0.15, 0.2) is 78.0 Å². The Morgan fingerprint density at radius 1 is 1.06 bits per heavy atom. The van der Waals surface area contributed by atoms with Crippen molar-refractivity contribution >= 4 is 35.1 Å². The number of halogens is 1. The monoisotopic (exact) mass is 439 g/mol. The van der Waals surface area contributed by atoms with E-state index in [4.69, 9.17) is 21.2 Å². The Bertz CT molecular complexity index is 1070. The van der Waals surface area contributed by atoms with Crippen LogP contribution < -0.4 is 10.1 Å². The van der Waals surface area contributed by atoms with Gasteiger partial charge in [-0.1, -0.05) is 28.9 Å². The minimum Gasteiger partial charge on any atom is -0.488 e. The third kappa shape index (κ3) is 6.83. The van der Waals surface area contributed by atoms with Gasteiger partial charge in [0, 0.05) is 28.4 Å². The molecule has 0 saturated heterocycles. The summed E-state index contributed by atoms with van der Waals surface area (Å²) in [5.74, 6) is 0.195. The number of hydrogen-bond donors (Lipinski definition) is 1. The SMILES string of the molecule is O=C(CON=Cc1ccccc1OCc1ccc([N+](=O)[O-])cc1)Nc1ccc(Cl)cc1. The van der Waals surface area contributed by atoms with Gasteiger partial charge in [0.15, 0.2) is 6.61 Å². The van der Waals surface area contributed by atoms with Crippen LogP contribution in [-0.2, 0) is 16.2 Å². The fourth-order valence-corrected chi connectivity index (χ4v) is 2.64. The summed E-state index contributed by atoms with van der Waals surface area (Å²) in [5.41, 5.74) is 2.07. The summed E-state index contributed by atoms with van der Waals surface area (Å²) in [4.78, 5) is 27.2. The van der Waals surface area contributed by atoms with Gasteiger partial charge in [0.1, 0.15) is 12.4 Å². The van der Waals surface area contributed by atoms with Gasteiger partial charge in [0.2, 0.25) is 0 Å². The van der Waals surface area contributed by atoms with Crippen molar-refractivity contribution in [3.8, 4) is 5.75 Å². The van der Waals surface area contributed by atoms with Crippen molar-refractivity contribution < 1.29 is 19.3 Å². The molecular formula is C22H18ClN3O5. The number of nitro groups is 1. The summed E-state index contributed by atoms with van der Waals surface area (Å²) in [6.45, 7) is -0.0296. The standard InChI is InChI=1S/C22H18ClN3O5/c23-18-7-9-19(10-8-18)25-22(27)15-31-24-13-17-3-1-2-4-21(17)30-14-16-5-11-20(12-6-16)26(28)29/h1-13H,14-15H2,(H,25,27). The molecule has 158 valence electrons. The van der Waals surface area contributed by atoms with Crippen LogP contribution in [0.5, 0.6) is 5.75 Å². The number of oxime groups is 1. The molecule has 1 amide bonds. The lowest BCUT2D eigenvalue weighted by Crippen LogP contribution is -2.16. The molecule has 0 saturated carbocycles. The molecule has 9 heteroatoms. The highest BCUT2D eigenvalue weighted by Gasteiger charge is 2.06. The van der Waals surface area contributed by atoms with E-state index in [1.807, 2.05) is 12.1 Å². The second-order valence-corrected chi connectivity index (χ2v) is 6.75. The molecule has 8 nitrogen and oxygen atoms in total. The second kappa shape index (κ2) is 10.7. The van der Waals surface area contributed by atoms with E-state index in [9.17, 15) is 14.9 Å². The zero-order valence-corrected chi connectivity index (χ0v) is 17.0. The number of rotatable bonds is 9. The number of nitrogens with one attached hydrogen (secondary N) is 1. The highest BCUT2D eigenvalue weighted by molar-refractivity contribution is 6.30. The quantitative estimate of drug-likeness (QED) is 0.292. The van der Waals surface area contributed by atoms with E-state index in [0.717, 1.165) is 5.56 Å². The minimum atomic E-state index is -0.452. The Morgan fingerprint density at radius 3 is 2.48 bits per heavy atom. The first kappa shape index (κ1) is 21.8. The van der Waals surface area contributed by atoms with Crippen molar-refractivity contribution in [2.24, 2.45) is 5.16 Å². The van der Waals surface area contributed by atoms with Gasteiger partial charge in [-0.2, -0.15) is 0 Å². The van der Waals surface area contributed by atoms with Gasteiger partial charge in [-0.3, -0.25) is 14.9 Å². The molecule has 0 atom stereocenters. The molecule has 0 bridgehead atoms. The van der Waals surface area contributed by atoms with Gasteiger partial charge >= 0.3 is 0 Å². The number of para-hydroxylation sites is 1. The molecule has 1 N–H and O–H groups in total. The first-order chi connectivity index (χ1) is 15.0. The molecule has 0 spiro atoms. The third-order valence-electron chi connectivity index (χ3n) is 4.05. The van der Waals surface area contributed by atoms with E-state index in [2.05, 4.69) is 10.5 Å². The molecular weight excluding hydrogens is 422 g/mol. The molecule has 0 heterocycles. The van der Waals surface area contributed by atoms with E-state index >= 15 is 0 Å². The Balaban J connectivity index is 1.51.